The summed E-state index contributed by atoms with van der Waals surface area (Å²) in [5.41, 5.74) is 5.11. The topological polar surface area (TPSA) is 0 Å². The Balaban J connectivity index is 1.91. The highest BCUT2D eigenvalue weighted by Gasteiger charge is 2.44. The molecule has 0 heterocycles. The molecule has 0 aromatic heterocycles. The molecule has 0 saturated heterocycles. The maximum Gasteiger partial charge on any atom is 0.0519 e. The van der Waals surface area contributed by atoms with Crippen LogP contribution in [0.2, 0.25) is 0 Å². The smallest absolute Gasteiger partial charge is 0.0519 e. The summed E-state index contributed by atoms with van der Waals surface area (Å²) in [5.74, 6) is 0.294. The summed E-state index contributed by atoms with van der Waals surface area (Å²) in [4.78, 5) is 0. The maximum absolute atomic E-state index is 3.68. The number of unbranched alkanes of at least 4 members (excludes halogenated alkanes) is 5. The fraction of sp³-hybridized carbons (Fsp3) is 0.294. The lowest BCUT2D eigenvalue weighted by Gasteiger charge is -2.43. The Morgan fingerprint density at radius 2 is 0.972 bits per heavy atom. The standard InChI is InChI=1S/C34H36Br2/c1-2-3-4-5-6-13-18-33(27-19-23-31(35)24-20-27)34(28-14-9-7-10-15-28,29-16-11-8-12-17-29)30-21-25-32(36)26-22-30/h7-12,14-17,19-26,33H,2-6,13,18H2,1H3. The van der Waals surface area contributed by atoms with Gasteiger partial charge in [-0.2, -0.15) is 0 Å². The molecule has 4 rings (SSSR count). The molecule has 1 unspecified atom stereocenters. The van der Waals surface area contributed by atoms with Gasteiger partial charge in [-0.15, -0.1) is 0 Å². The van der Waals surface area contributed by atoms with E-state index in [0.717, 1.165) is 15.4 Å². The largest absolute Gasteiger partial charge is 0.0654 e. The van der Waals surface area contributed by atoms with Crippen molar-refractivity contribution in [2.45, 2.75) is 63.2 Å². The van der Waals surface area contributed by atoms with Gasteiger partial charge in [0.25, 0.3) is 0 Å². The normalized spacial score (nSPS) is 12.4. The van der Waals surface area contributed by atoms with Crippen LogP contribution < -0.4 is 0 Å². The van der Waals surface area contributed by atoms with Gasteiger partial charge >= 0.3 is 0 Å². The Hall–Kier alpha value is -2.16. The quantitative estimate of drug-likeness (QED) is 0.112. The molecular formula is C34H36Br2. The first-order valence-corrected chi connectivity index (χ1v) is 14.9. The highest BCUT2D eigenvalue weighted by atomic mass is 79.9. The minimum absolute atomic E-state index is 0.294. The Morgan fingerprint density at radius 3 is 1.50 bits per heavy atom. The molecular weight excluding hydrogens is 568 g/mol. The maximum atomic E-state index is 3.68. The van der Waals surface area contributed by atoms with E-state index in [9.17, 15) is 0 Å². The third-order valence-electron chi connectivity index (χ3n) is 7.40. The first-order chi connectivity index (χ1) is 17.7. The van der Waals surface area contributed by atoms with Crippen LogP contribution in [0.4, 0.5) is 0 Å². The van der Waals surface area contributed by atoms with E-state index in [2.05, 4.69) is 148 Å². The van der Waals surface area contributed by atoms with Crippen LogP contribution in [0.15, 0.2) is 118 Å². The molecule has 0 bridgehead atoms. The van der Waals surface area contributed by atoms with Crippen molar-refractivity contribution in [1.29, 1.82) is 0 Å². The van der Waals surface area contributed by atoms with Gasteiger partial charge in [-0.25, -0.2) is 0 Å². The Kier molecular flexibility index (Phi) is 10.0. The van der Waals surface area contributed by atoms with E-state index in [0.29, 0.717) is 5.92 Å². The van der Waals surface area contributed by atoms with Crippen LogP contribution in [0.3, 0.4) is 0 Å². The van der Waals surface area contributed by atoms with Crippen LogP contribution in [0.5, 0.6) is 0 Å². The van der Waals surface area contributed by atoms with E-state index >= 15 is 0 Å². The number of hydrogen-bond donors (Lipinski definition) is 0. The molecule has 0 nitrogen and oxygen atoms in total. The van der Waals surface area contributed by atoms with Gasteiger partial charge in [0.05, 0.1) is 5.41 Å². The number of rotatable bonds is 12. The Morgan fingerprint density at radius 1 is 0.528 bits per heavy atom. The summed E-state index contributed by atoms with van der Waals surface area (Å²) in [7, 11) is 0. The molecule has 4 aromatic rings. The van der Waals surface area contributed by atoms with Crippen LogP contribution in [0.1, 0.15) is 80.0 Å². The Labute approximate surface area is 234 Å². The van der Waals surface area contributed by atoms with Crippen LogP contribution in [0.25, 0.3) is 0 Å². The van der Waals surface area contributed by atoms with E-state index in [4.69, 9.17) is 0 Å². The predicted octanol–water partition coefficient (Wildman–Crippen LogP) is 11.1. The minimum Gasteiger partial charge on any atom is -0.0654 e. The highest BCUT2D eigenvalue weighted by molar-refractivity contribution is 9.10. The fourth-order valence-corrected chi connectivity index (χ4v) is 6.20. The van der Waals surface area contributed by atoms with Crippen LogP contribution in [-0.2, 0) is 5.41 Å². The molecule has 0 aliphatic carbocycles. The second kappa shape index (κ2) is 13.4. The van der Waals surface area contributed by atoms with Gasteiger partial charge in [0.1, 0.15) is 0 Å². The molecule has 0 spiro atoms. The molecule has 0 saturated carbocycles. The minimum atomic E-state index is -0.305. The second-order valence-electron chi connectivity index (χ2n) is 9.71. The van der Waals surface area contributed by atoms with Crippen molar-refractivity contribution in [1.82, 2.24) is 0 Å². The lowest BCUT2D eigenvalue weighted by Crippen LogP contribution is -2.36. The predicted molar refractivity (Wildman–Crippen MR) is 162 cm³/mol. The van der Waals surface area contributed by atoms with Gasteiger partial charge in [-0.05, 0) is 52.9 Å². The lowest BCUT2D eigenvalue weighted by molar-refractivity contribution is 0.428. The van der Waals surface area contributed by atoms with Crippen molar-refractivity contribution in [3.8, 4) is 0 Å². The van der Waals surface area contributed by atoms with E-state index in [1.54, 1.807) is 0 Å². The molecule has 4 aromatic carbocycles. The van der Waals surface area contributed by atoms with Crippen molar-refractivity contribution in [2.24, 2.45) is 0 Å². The lowest BCUT2D eigenvalue weighted by atomic mass is 9.59. The van der Waals surface area contributed by atoms with Crippen LogP contribution in [0, 0.1) is 0 Å². The van der Waals surface area contributed by atoms with Crippen LogP contribution in [-0.4, -0.2) is 0 Å². The summed E-state index contributed by atoms with van der Waals surface area (Å²) in [5, 5.41) is 0. The first-order valence-electron chi connectivity index (χ1n) is 13.3. The molecule has 0 N–H and O–H groups in total. The summed E-state index contributed by atoms with van der Waals surface area (Å²) in [6.07, 6.45) is 8.93. The summed E-state index contributed by atoms with van der Waals surface area (Å²) >= 11 is 7.35. The molecule has 0 radical (unpaired) electrons. The average molecular weight is 604 g/mol. The zero-order chi connectivity index (χ0) is 25.2. The first kappa shape index (κ1) is 26.9. The monoisotopic (exact) mass is 602 g/mol. The number of halogens is 2. The molecule has 36 heavy (non-hydrogen) atoms. The van der Waals surface area contributed by atoms with Crippen LogP contribution >= 0.6 is 31.9 Å². The van der Waals surface area contributed by atoms with Gasteiger partial charge in [-0.3, -0.25) is 0 Å². The molecule has 0 aliphatic heterocycles. The zero-order valence-electron chi connectivity index (χ0n) is 21.2. The van der Waals surface area contributed by atoms with Crippen molar-refractivity contribution in [3.63, 3.8) is 0 Å². The van der Waals surface area contributed by atoms with E-state index in [1.807, 2.05) is 0 Å². The van der Waals surface area contributed by atoms with Gasteiger partial charge in [-0.1, -0.05) is 162 Å². The number of benzene rings is 4. The molecule has 0 aliphatic rings. The summed E-state index contributed by atoms with van der Waals surface area (Å²) in [6.45, 7) is 2.29. The molecule has 0 amide bonds. The van der Waals surface area contributed by atoms with Gasteiger partial charge in [0, 0.05) is 14.9 Å². The summed E-state index contributed by atoms with van der Waals surface area (Å²) < 4.78 is 2.23. The van der Waals surface area contributed by atoms with Crippen molar-refractivity contribution in [2.75, 3.05) is 0 Å². The van der Waals surface area contributed by atoms with E-state index in [1.165, 1.54) is 60.8 Å². The van der Waals surface area contributed by atoms with E-state index < -0.39 is 0 Å². The summed E-state index contributed by atoms with van der Waals surface area (Å²) in [6, 6.07) is 40.4. The molecule has 2 heteroatoms. The molecule has 186 valence electrons. The third kappa shape index (κ3) is 6.21. The van der Waals surface area contributed by atoms with Gasteiger partial charge < -0.3 is 0 Å². The van der Waals surface area contributed by atoms with Crippen molar-refractivity contribution >= 4 is 31.9 Å². The zero-order valence-corrected chi connectivity index (χ0v) is 24.3. The molecule has 0 fully saturated rings. The SMILES string of the molecule is CCCCCCCCC(c1ccc(Br)cc1)C(c1ccccc1)(c1ccccc1)c1ccc(Br)cc1. The van der Waals surface area contributed by atoms with Crippen molar-refractivity contribution in [3.05, 3.63) is 140 Å². The Bertz CT molecular complexity index is 1130. The number of hydrogen-bond acceptors (Lipinski definition) is 0. The average Bonchev–Trinajstić information content (AvgIpc) is 2.92. The second-order valence-corrected chi connectivity index (χ2v) is 11.5. The van der Waals surface area contributed by atoms with Gasteiger partial charge in [0.2, 0.25) is 0 Å². The third-order valence-corrected chi connectivity index (χ3v) is 8.46. The fourth-order valence-electron chi connectivity index (χ4n) is 5.68. The molecule has 1 atom stereocenters. The van der Waals surface area contributed by atoms with E-state index in [-0.39, 0.29) is 5.41 Å². The highest BCUT2D eigenvalue weighted by Crippen LogP contribution is 2.52. The van der Waals surface area contributed by atoms with Crippen molar-refractivity contribution < 1.29 is 0 Å². The van der Waals surface area contributed by atoms with Gasteiger partial charge in [0.15, 0.2) is 0 Å².